The molecule has 0 aliphatic carbocycles. The SMILES string of the molecule is CCCc1cc(C(=O)N[C@H](Cc2ccccc2Cl)[C@@H](O)C(=O)O)nn1Cc1ccc(-c2ccccc2-n2nn[nH]c2=O)cc1. The first-order chi connectivity index (χ1) is 21.2. The quantitative estimate of drug-likeness (QED) is 0.166. The van der Waals surface area contributed by atoms with Crippen molar-refractivity contribution in [3.63, 3.8) is 0 Å². The van der Waals surface area contributed by atoms with Crippen molar-refractivity contribution in [2.24, 2.45) is 0 Å². The van der Waals surface area contributed by atoms with E-state index in [1.54, 1.807) is 41.1 Å². The number of nitrogens with zero attached hydrogens (tertiary/aromatic N) is 5. The van der Waals surface area contributed by atoms with Gasteiger partial charge in [-0.25, -0.2) is 14.7 Å². The number of aliphatic carboxylic acids is 1. The molecule has 5 rings (SSSR count). The lowest BCUT2D eigenvalue weighted by Crippen LogP contribution is -2.48. The van der Waals surface area contributed by atoms with E-state index in [0.717, 1.165) is 28.8 Å². The fourth-order valence-corrected chi connectivity index (χ4v) is 5.15. The summed E-state index contributed by atoms with van der Waals surface area (Å²) in [4.78, 5) is 37.0. The number of amides is 1. The second kappa shape index (κ2) is 13.5. The van der Waals surface area contributed by atoms with E-state index in [1.165, 1.54) is 4.68 Å². The van der Waals surface area contributed by atoms with Gasteiger partial charge in [-0.2, -0.15) is 9.78 Å². The van der Waals surface area contributed by atoms with Crippen LogP contribution in [0.4, 0.5) is 0 Å². The number of tetrazole rings is 1. The van der Waals surface area contributed by atoms with E-state index < -0.39 is 29.7 Å². The summed E-state index contributed by atoms with van der Waals surface area (Å²) < 4.78 is 2.94. The summed E-state index contributed by atoms with van der Waals surface area (Å²) in [5.74, 6) is -2.06. The third kappa shape index (κ3) is 6.77. The number of rotatable bonds is 12. The average molecular weight is 616 g/mol. The van der Waals surface area contributed by atoms with Crippen molar-refractivity contribution in [2.45, 2.75) is 44.9 Å². The first-order valence-electron chi connectivity index (χ1n) is 14.0. The molecule has 4 N–H and O–H groups in total. The van der Waals surface area contributed by atoms with Crippen LogP contribution in [-0.4, -0.2) is 64.2 Å². The van der Waals surface area contributed by atoms with Crippen LogP contribution in [0, 0.1) is 0 Å². The molecule has 2 atom stereocenters. The van der Waals surface area contributed by atoms with Gasteiger partial charge in [0.2, 0.25) is 0 Å². The first kappa shape index (κ1) is 30.4. The van der Waals surface area contributed by atoms with Gasteiger partial charge < -0.3 is 15.5 Å². The number of aromatic nitrogens is 6. The highest BCUT2D eigenvalue weighted by atomic mass is 35.5. The Hall–Kier alpha value is -5.07. The Morgan fingerprint density at radius 2 is 1.77 bits per heavy atom. The normalized spacial score (nSPS) is 12.5. The summed E-state index contributed by atoms with van der Waals surface area (Å²) in [6, 6.07) is 22.5. The lowest BCUT2D eigenvalue weighted by molar-refractivity contribution is -0.148. The van der Waals surface area contributed by atoms with Crippen molar-refractivity contribution in [2.75, 3.05) is 0 Å². The lowest BCUT2D eigenvalue weighted by Gasteiger charge is -2.21. The number of carbonyl (C=O) groups excluding carboxylic acids is 1. The maximum absolute atomic E-state index is 13.3. The van der Waals surface area contributed by atoms with Gasteiger partial charge in [-0.1, -0.05) is 85.6 Å². The Morgan fingerprint density at radius 3 is 2.45 bits per heavy atom. The molecule has 0 unspecified atom stereocenters. The molecule has 44 heavy (non-hydrogen) atoms. The lowest BCUT2D eigenvalue weighted by atomic mass is 10.0. The summed E-state index contributed by atoms with van der Waals surface area (Å²) in [6.07, 6.45) is -0.350. The molecule has 0 bridgehead atoms. The van der Waals surface area contributed by atoms with E-state index in [4.69, 9.17) is 11.6 Å². The molecular formula is C31H30ClN7O5. The van der Waals surface area contributed by atoms with Gasteiger partial charge in [0.15, 0.2) is 6.10 Å². The van der Waals surface area contributed by atoms with Crippen molar-refractivity contribution in [1.29, 1.82) is 0 Å². The number of para-hydroxylation sites is 1. The van der Waals surface area contributed by atoms with Crippen LogP contribution in [-0.2, 0) is 24.2 Å². The predicted octanol–water partition coefficient (Wildman–Crippen LogP) is 3.26. The van der Waals surface area contributed by atoms with Crippen LogP contribution < -0.4 is 11.0 Å². The standard InChI is InChI=1S/C31H30ClN7O5/c1-2-7-22-17-26(29(41)33-25(28(40)30(42)43)16-21-8-3-5-10-24(21)32)35-38(22)18-19-12-14-20(15-13-19)23-9-4-6-11-27(23)39-31(44)34-36-37-39/h3-6,8-15,17,25,28,40H,2,7,16,18H2,1H3,(H,33,41)(H,42,43)(H,34,37,44)/t25-,28-/m1/s1. The summed E-state index contributed by atoms with van der Waals surface area (Å²) in [6.45, 7) is 2.40. The summed E-state index contributed by atoms with van der Waals surface area (Å²) in [5, 5.41) is 37.1. The number of hydrogen-bond donors (Lipinski definition) is 4. The zero-order chi connectivity index (χ0) is 31.2. The van der Waals surface area contributed by atoms with E-state index in [2.05, 4.69) is 25.9 Å². The van der Waals surface area contributed by atoms with Crippen LogP contribution >= 0.6 is 11.6 Å². The predicted molar refractivity (Wildman–Crippen MR) is 163 cm³/mol. The maximum Gasteiger partial charge on any atom is 0.365 e. The Balaban J connectivity index is 1.36. The first-order valence-corrected chi connectivity index (χ1v) is 14.3. The van der Waals surface area contributed by atoms with Crippen molar-refractivity contribution in [3.8, 4) is 16.8 Å². The molecule has 13 heteroatoms. The van der Waals surface area contributed by atoms with E-state index >= 15 is 0 Å². The summed E-state index contributed by atoms with van der Waals surface area (Å²) in [7, 11) is 0. The zero-order valence-corrected chi connectivity index (χ0v) is 24.5. The minimum Gasteiger partial charge on any atom is -0.479 e. The highest BCUT2D eigenvalue weighted by molar-refractivity contribution is 6.31. The number of aromatic amines is 1. The number of benzene rings is 3. The van der Waals surface area contributed by atoms with Gasteiger partial charge in [0.05, 0.1) is 18.3 Å². The summed E-state index contributed by atoms with van der Waals surface area (Å²) in [5.41, 5.74) is 4.28. The number of carboxylic acid groups (broad SMARTS) is 1. The largest absolute Gasteiger partial charge is 0.479 e. The molecule has 12 nitrogen and oxygen atoms in total. The number of aryl methyl sites for hydroxylation is 1. The van der Waals surface area contributed by atoms with Crippen LogP contribution in [0.15, 0.2) is 83.7 Å². The molecule has 3 aromatic carbocycles. The van der Waals surface area contributed by atoms with Crippen molar-refractivity contribution in [1.82, 2.24) is 35.3 Å². The summed E-state index contributed by atoms with van der Waals surface area (Å²) >= 11 is 6.25. The highest BCUT2D eigenvalue weighted by Crippen LogP contribution is 2.26. The average Bonchev–Trinajstić information content (AvgIpc) is 3.63. The smallest absolute Gasteiger partial charge is 0.365 e. The number of H-pyrrole nitrogens is 1. The second-order valence-electron chi connectivity index (χ2n) is 10.2. The van der Waals surface area contributed by atoms with E-state index in [9.17, 15) is 24.6 Å². The number of carboxylic acids is 1. The number of aliphatic hydroxyl groups excluding tert-OH is 1. The van der Waals surface area contributed by atoms with Gasteiger partial charge >= 0.3 is 11.7 Å². The van der Waals surface area contributed by atoms with Crippen LogP contribution in [0.25, 0.3) is 16.8 Å². The van der Waals surface area contributed by atoms with E-state index in [1.807, 2.05) is 49.4 Å². The molecule has 1 amide bonds. The number of halogens is 1. The third-order valence-electron chi connectivity index (χ3n) is 7.15. The molecule has 2 aromatic heterocycles. The second-order valence-corrected chi connectivity index (χ2v) is 10.6. The topological polar surface area (TPSA) is 168 Å². The minimum atomic E-state index is -1.85. The minimum absolute atomic E-state index is 0.0160. The number of hydrogen-bond acceptors (Lipinski definition) is 7. The molecule has 226 valence electrons. The van der Waals surface area contributed by atoms with Crippen LogP contribution in [0.1, 0.15) is 40.7 Å². The number of carbonyl (C=O) groups is 2. The zero-order valence-electron chi connectivity index (χ0n) is 23.7. The molecule has 0 radical (unpaired) electrons. The molecule has 0 saturated carbocycles. The van der Waals surface area contributed by atoms with Gasteiger partial charge in [0.1, 0.15) is 5.69 Å². The molecule has 0 spiro atoms. The van der Waals surface area contributed by atoms with Crippen LogP contribution in [0.3, 0.4) is 0 Å². The Kier molecular flexibility index (Phi) is 9.32. The molecule has 0 saturated heterocycles. The van der Waals surface area contributed by atoms with Gasteiger partial charge in [-0.3, -0.25) is 9.48 Å². The van der Waals surface area contributed by atoms with Crippen molar-refractivity contribution < 1.29 is 19.8 Å². The Morgan fingerprint density at radius 1 is 1.05 bits per heavy atom. The van der Waals surface area contributed by atoms with Crippen LogP contribution in [0.2, 0.25) is 5.02 Å². The fourth-order valence-electron chi connectivity index (χ4n) is 4.94. The van der Waals surface area contributed by atoms with Gasteiger partial charge in [0.25, 0.3) is 5.91 Å². The Labute approximate surface area is 256 Å². The molecule has 2 heterocycles. The molecule has 5 aromatic rings. The fraction of sp³-hybridized carbons (Fsp3) is 0.226. The third-order valence-corrected chi connectivity index (χ3v) is 7.52. The van der Waals surface area contributed by atoms with Gasteiger partial charge in [0, 0.05) is 16.3 Å². The van der Waals surface area contributed by atoms with E-state index in [-0.39, 0.29) is 12.1 Å². The van der Waals surface area contributed by atoms with Gasteiger partial charge in [-0.05, 0) is 58.2 Å². The maximum atomic E-state index is 13.3. The monoisotopic (exact) mass is 615 g/mol. The molecular weight excluding hydrogens is 586 g/mol. The molecule has 0 fully saturated rings. The van der Waals surface area contributed by atoms with Crippen LogP contribution in [0.5, 0.6) is 0 Å². The number of nitrogens with one attached hydrogen (secondary N) is 2. The molecule has 0 aliphatic heterocycles. The van der Waals surface area contributed by atoms with Gasteiger partial charge in [-0.15, -0.1) is 0 Å². The molecule has 0 aliphatic rings. The highest BCUT2D eigenvalue weighted by Gasteiger charge is 2.29. The van der Waals surface area contributed by atoms with Crippen molar-refractivity contribution in [3.05, 3.63) is 117 Å². The van der Waals surface area contributed by atoms with E-state index in [0.29, 0.717) is 29.2 Å². The van der Waals surface area contributed by atoms with Crippen molar-refractivity contribution >= 4 is 23.5 Å². The number of aliphatic hydroxyl groups is 1. The Bertz CT molecular complexity index is 1830.